The Morgan fingerprint density at radius 3 is 1.86 bits per heavy atom. The summed E-state index contributed by atoms with van der Waals surface area (Å²) in [4.78, 5) is 10.4. The van der Waals surface area contributed by atoms with Crippen LogP contribution in [-0.4, -0.2) is 16.2 Å². The summed E-state index contributed by atoms with van der Waals surface area (Å²) in [6.45, 7) is 0. The average molecular weight is 809 g/mol. The molecule has 0 bridgehead atoms. The number of nitrogens with zero attached hydrogens (tertiary/aromatic N) is 3. The number of benzene rings is 9. The summed E-state index contributed by atoms with van der Waals surface area (Å²) in [6, 6.07) is 72.2. The second kappa shape index (κ2) is 14.0. The zero-order valence-corrected chi connectivity index (χ0v) is 33.9. The van der Waals surface area contributed by atoms with Crippen LogP contribution < -0.4 is 5.32 Å². The Kier molecular flexibility index (Phi) is 7.87. The maximum Gasteiger partial charge on any atom is 0.159 e. The van der Waals surface area contributed by atoms with E-state index in [9.17, 15) is 0 Å². The van der Waals surface area contributed by atoms with Crippen molar-refractivity contribution in [1.29, 1.82) is 0 Å². The number of amidine groups is 2. The third-order valence-electron chi connectivity index (χ3n) is 12.5. The SMILES string of the molecule is c1ccc(C2=NC(c3ccc4c(c3)oc3cccc(-c5ccccc5-c5cccc6c5c5ccccc5n6-c5ccccc5)c34)=NC(c3ccc4c(c3)oc3ccccc34)N2)cc1. The Morgan fingerprint density at radius 2 is 1.02 bits per heavy atom. The minimum absolute atomic E-state index is 0.397. The molecule has 0 spiro atoms. The number of furan rings is 2. The summed E-state index contributed by atoms with van der Waals surface area (Å²) in [5.74, 6) is 1.37. The van der Waals surface area contributed by atoms with E-state index in [4.69, 9.17) is 18.8 Å². The minimum Gasteiger partial charge on any atom is -0.456 e. The third kappa shape index (κ3) is 5.65. The summed E-state index contributed by atoms with van der Waals surface area (Å²) in [6.07, 6.45) is -0.397. The molecule has 296 valence electrons. The van der Waals surface area contributed by atoms with Gasteiger partial charge in [-0.25, -0.2) is 9.98 Å². The number of para-hydroxylation sites is 3. The van der Waals surface area contributed by atoms with Crippen molar-refractivity contribution in [1.82, 2.24) is 9.88 Å². The van der Waals surface area contributed by atoms with Crippen LogP contribution in [0.5, 0.6) is 0 Å². The van der Waals surface area contributed by atoms with Crippen LogP contribution in [0.25, 0.3) is 93.6 Å². The molecule has 9 aromatic carbocycles. The van der Waals surface area contributed by atoms with Crippen molar-refractivity contribution < 1.29 is 8.83 Å². The highest BCUT2D eigenvalue weighted by molar-refractivity contribution is 6.20. The van der Waals surface area contributed by atoms with E-state index in [0.29, 0.717) is 5.84 Å². The largest absolute Gasteiger partial charge is 0.456 e. The Labute approximate surface area is 361 Å². The molecule has 13 rings (SSSR count). The number of aromatic nitrogens is 1. The number of nitrogens with one attached hydrogen (secondary N) is 1. The predicted molar refractivity (Wildman–Crippen MR) is 258 cm³/mol. The van der Waals surface area contributed by atoms with Crippen LogP contribution in [-0.2, 0) is 0 Å². The van der Waals surface area contributed by atoms with E-state index in [1.807, 2.05) is 36.4 Å². The maximum atomic E-state index is 6.74. The van der Waals surface area contributed by atoms with Gasteiger partial charge in [-0.15, -0.1) is 0 Å². The van der Waals surface area contributed by atoms with Crippen molar-refractivity contribution in [3.63, 3.8) is 0 Å². The van der Waals surface area contributed by atoms with Crippen molar-refractivity contribution in [3.8, 4) is 27.9 Å². The lowest BCUT2D eigenvalue weighted by Gasteiger charge is -2.23. The van der Waals surface area contributed by atoms with Crippen molar-refractivity contribution in [2.24, 2.45) is 9.98 Å². The fourth-order valence-corrected chi connectivity index (χ4v) is 9.65. The Hall–Kier alpha value is -8.48. The van der Waals surface area contributed by atoms with Gasteiger partial charge >= 0.3 is 0 Å². The smallest absolute Gasteiger partial charge is 0.159 e. The first kappa shape index (κ1) is 35.3. The Bertz CT molecular complexity index is 3840. The highest BCUT2D eigenvalue weighted by atomic mass is 16.3. The molecule has 63 heavy (non-hydrogen) atoms. The second-order valence-corrected chi connectivity index (χ2v) is 16.1. The average Bonchev–Trinajstić information content (AvgIpc) is 4.03. The van der Waals surface area contributed by atoms with E-state index in [2.05, 4.69) is 180 Å². The zero-order chi connectivity index (χ0) is 41.4. The summed E-state index contributed by atoms with van der Waals surface area (Å²) in [5, 5.41) is 10.3. The third-order valence-corrected chi connectivity index (χ3v) is 12.5. The molecule has 0 saturated carbocycles. The van der Waals surface area contributed by atoms with Gasteiger partial charge in [0.15, 0.2) is 5.84 Å². The van der Waals surface area contributed by atoms with E-state index in [-0.39, 0.29) is 0 Å². The minimum atomic E-state index is -0.397. The maximum absolute atomic E-state index is 6.74. The van der Waals surface area contributed by atoms with Crippen LogP contribution in [0.3, 0.4) is 0 Å². The first-order chi connectivity index (χ1) is 31.2. The molecule has 6 nitrogen and oxygen atoms in total. The van der Waals surface area contributed by atoms with Crippen LogP contribution in [0, 0.1) is 0 Å². The van der Waals surface area contributed by atoms with E-state index in [1.165, 1.54) is 27.4 Å². The van der Waals surface area contributed by atoms with Gasteiger partial charge in [-0.3, -0.25) is 0 Å². The van der Waals surface area contributed by atoms with Gasteiger partial charge in [0.25, 0.3) is 0 Å². The first-order valence-electron chi connectivity index (χ1n) is 21.3. The van der Waals surface area contributed by atoms with Crippen molar-refractivity contribution in [2.45, 2.75) is 6.17 Å². The fraction of sp³-hybridized carbons (Fsp3) is 0.0175. The number of aliphatic imine (C=N–C) groups is 2. The quantitative estimate of drug-likeness (QED) is 0.182. The molecule has 1 N–H and O–H groups in total. The number of hydrogen-bond donors (Lipinski definition) is 1. The molecule has 0 aliphatic carbocycles. The van der Waals surface area contributed by atoms with Crippen LogP contribution in [0.2, 0.25) is 0 Å². The molecular weight excluding hydrogens is 773 g/mol. The van der Waals surface area contributed by atoms with Gasteiger partial charge in [0.2, 0.25) is 0 Å². The number of hydrogen-bond acceptors (Lipinski definition) is 5. The highest BCUT2D eigenvalue weighted by Crippen LogP contribution is 2.45. The Balaban J connectivity index is 0.945. The van der Waals surface area contributed by atoms with Gasteiger partial charge in [-0.1, -0.05) is 152 Å². The monoisotopic (exact) mass is 808 g/mol. The lowest BCUT2D eigenvalue weighted by molar-refractivity contribution is 0.655. The standard InChI is InChI=1S/C57H36N4O2/c1-3-15-35(16-4-1)55-58-56(36-29-31-42-41-21-10-12-27-49(41)62-51(42)33-36)60-57(59-55)37-30-32-46-52(34-37)63-50-28-14-24-44(54(46)50)40-20-8-7-19-39(40)43-23-13-26-48-53(43)45-22-9-11-25-47(45)61(48)38-17-5-2-6-18-38/h1-34,56H,(H,58,59,60). The fourth-order valence-electron chi connectivity index (χ4n) is 9.65. The highest BCUT2D eigenvalue weighted by Gasteiger charge is 2.24. The van der Waals surface area contributed by atoms with E-state index in [0.717, 1.165) is 88.8 Å². The van der Waals surface area contributed by atoms with Crippen LogP contribution in [0.4, 0.5) is 0 Å². The van der Waals surface area contributed by atoms with Crippen LogP contribution >= 0.6 is 0 Å². The van der Waals surface area contributed by atoms with Gasteiger partial charge in [-0.05, 0) is 76.9 Å². The van der Waals surface area contributed by atoms with Crippen LogP contribution in [0.15, 0.2) is 225 Å². The molecule has 1 aliphatic rings. The number of fused-ring (bicyclic) bond motifs is 9. The van der Waals surface area contributed by atoms with Gasteiger partial charge in [0.1, 0.15) is 34.3 Å². The lowest BCUT2D eigenvalue weighted by Crippen LogP contribution is -2.33. The first-order valence-corrected chi connectivity index (χ1v) is 21.3. The number of rotatable bonds is 6. The second-order valence-electron chi connectivity index (χ2n) is 16.1. The van der Waals surface area contributed by atoms with Crippen molar-refractivity contribution >= 4 is 77.4 Å². The van der Waals surface area contributed by atoms with E-state index >= 15 is 0 Å². The topological polar surface area (TPSA) is 68.0 Å². The molecule has 6 heteroatoms. The van der Waals surface area contributed by atoms with Gasteiger partial charge in [0, 0.05) is 54.7 Å². The molecule has 3 aromatic heterocycles. The van der Waals surface area contributed by atoms with Gasteiger partial charge < -0.3 is 18.7 Å². The molecule has 0 amide bonds. The van der Waals surface area contributed by atoms with Crippen LogP contribution in [0.1, 0.15) is 22.9 Å². The summed E-state index contributed by atoms with van der Waals surface area (Å²) < 4.78 is 15.4. The molecule has 12 aromatic rings. The molecule has 0 saturated heterocycles. The summed E-state index contributed by atoms with van der Waals surface area (Å²) in [7, 11) is 0. The molecule has 1 atom stereocenters. The molecule has 0 radical (unpaired) electrons. The van der Waals surface area contributed by atoms with Gasteiger partial charge in [0.05, 0.1) is 11.0 Å². The molecule has 0 fully saturated rings. The van der Waals surface area contributed by atoms with Crippen molar-refractivity contribution in [2.75, 3.05) is 0 Å². The van der Waals surface area contributed by atoms with E-state index in [1.54, 1.807) is 0 Å². The summed E-state index contributed by atoms with van der Waals surface area (Å²) in [5.41, 5.74) is 14.2. The molecular formula is C57H36N4O2. The molecule has 4 heterocycles. The molecule has 1 unspecified atom stereocenters. The Morgan fingerprint density at radius 1 is 0.413 bits per heavy atom. The lowest BCUT2D eigenvalue weighted by atomic mass is 9.90. The predicted octanol–water partition coefficient (Wildman–Crippen LogP) is 14.4. The van der Waals surface area contributed by atoms with Crippen molar-refractivity contribution in [3.05, 3.63) is 223 Å². The normalized spacial score (nSPS) is 14.2. The van der Waals surface area contributed by atoms with E-state index < -0.39 is 6.17 Å². The molecule has 1 aliphatic heterocycles. The zero-order valence-electron chi connectivity index (χ0n) is 33.9. The van der Waals surface area contributed by atoms with Gasteiger partial charge in [-0.2, -0.15) is 0 Å². The summed E-state index contributed by atoms with van der Waals surface area (Å²) >= 11 is 0.